The number of hydrogen-bond donors (Lipinski definition) is 1. The number of rotatable bonds is 9. The maximum absolute atomic E-state index is 11.6. The van der Waals surface area contributed by atoms with Gasteiger partial charge in [-0.25, -0.2) is 4.79 Å². The summed E-state index contributed by atoms with van der Waals surface area (Å²) < 4.78 is 17.3. The highest BCUT2D eigenvalue weighted by molar-refractivity contribution is 7.99. The first kappa shape index (κ1) is 22.6. The molecule has 1 atom stereocenters. The number of methoxy groups -OCH3 is 2. The van der Waals surface area contributed by atoms with E-state index in [1.165, 1.54) is 32.0 Å². The molecule has 0 saturated carbocycles. The van der Waals surface area contributed by atoms with Crippen LogP contribution in [0.4, 0.5) is 0 Å². The van der Waals surface area contributed by atoms with Crippen molar-refractivity contribution in [3.63, 3.8) is 0 Å². The van der Waals surface area contributed by atoms with Gasteiger partial charge in [0.05, 0.1) is 31.6 Å². The lowest BCUT2D eigenvalue weighted by molar-refractivity contribution is 0.0600. The van der Waals surface area contributed by atoms with Crippen LogP contribution in [-0.4, -0.2) is 64.0 Å². The number of carbonyl (C=O) groups is 1. The van der Waals surface area contributed by atoms with Crippen molar-refractivity contribution in [2.75, 3.05) is 26.6 Å². The van der Waals surface area contributed by atoms with E-state index in [-0.39, 0.29) is 6.61 Å². The summed E-state index contributed by atoms with van der Waals surface area (Å²) in [5.74, 6) is 0.651. The normalized spacial score (nSPS) is 11.8. The molecule has 31 heavy (non-hydrogen) atoms. The molecule has 0 radical (unpaired) electrons. The molecule has 0 spiro atoms. The average molecular weight is 445 g/mol. The number of hydrogen-bond acceptors (Lipinski definition) is 9. The van der Waals surface area contributed by atoms with E-state index in [9.17, 15) is 9.90 Å². The Balaban J connectivity index is 1.62. The molecule has 0 aliphatic heterocycles. The van der Waals surface area contributed by atoms with Crippen LogP contribution in [0.15, 0.2) is 41.6 Å². The minimum absolute atomic E-state index is 0.0336. The third-order valence-electron chi connectivity index (χ3n) is 4.51. The number of benzene rings is 2. The molecule has 0 saturated heterocycles. The quantitative estimate of drug-likeness (QED) is 0.393. The summed E-state index contributed by atoms with van der Waals surface area (Å²) in [6.07, 6.45) is -0.780. The van der Waals surface area contributed by atoms with Crippen molar-refractivity contribution in [3.05, 3.63) is 53.1 Å². The van der Waals surface area contributed by atoms with Gasteiger partial charge in [0.2, 0.25) is 5.16 Å². The minimum Gasteiger partial charge on any atom is -0.493 e. The lowest BCUT2D eigenvalue weighted by Gasteiger charge is -2.15. The van der Waals surface area contributed by atoms with Crippen LogP contribution >= 0.6 is 11.8 Å². The molecule has 3 aromatic rings. The van der Waals surface area contributed by atoms with Gasteiger partial charge in [-0.15, -0.1) is 5.10 Å². The minimum atomic E-state index is -0.780. The van der Waals surface area contributed by atoms with E-state index < -0.39 is 12.1 Å². The highest BCUT2D eigenvalue weighted by atomic mass is 32.2. The Morgan fingerprint density at radius 2 is 1.90 bits per heavy atom. The van der Waals surface area contributed by atoms with Gasteiger partial charge in [0.25, 0.3) is 0 Å². The summed E-state index contributed by atoms with van der Waals surface area (Å²) in [5, 5.41) is 22.9. The zero-order valence-electron chi connectivity index (χ0n) is 17.7. The molecule has 0 fully saturated rings. The smallest absolute Gasteiger partial charge is 0.337 e. The van der Waals surface area contributed by atoms with Crippen molar-refractivity contribution in [2.45, 2.75) is 25.1 Å². The molecule has 3 rings (SSSR count). The zero-order valence-corrected chi connectivity index (χ0v) is 18.5. The fourth-order valence-electron chi connectivity index (χ4n) is 2.99. The fourth-order valence-corrected chi connectivity index (χ4v) is 3.77. The van der Waals surface area contributed by atoms with Crippen LogP contribution in [0, 0.1) is 13.8 Å². The number of nitrogens with zero attached hydrogens (tertiary/aromatic N) is 4. The predicted octanol–water partition coefficient (Wildman–Crippen LogP) is 2.61. The largest absolute Gasteiger partial charge is 0.493 e. The molecule has 10 heteroatoms. The summed E-state index contributed by atoms with van der Waals surface area (Å²) >= 11 is 1.33. The van der Waals surface area contributed by atoms with Gasteiger partial charge in [-0.3, -0.25) is 0 Å². The first-order valence-corrected chi connectivity index (χ1v) is 10.5. The standard InChI is InChI=1S/C21H24N4O5S/c1-13-6-5-7-14(2)19(13)25-21(22-23-24-25)31-12-16(26)11-30-17-9-8-15(20(27)29-4)10-18(17)28-3/h5-10,16,26H,11-12H2,1-4H3. The molecule has 0 bridgehead atoms. The van der Waals surface area contributed by atoms with Crippen LogP contribution in [0.25, 0.3) is 5.69 Å². The first-order chi connectivity index (χ1) is 14.9. The van der Waals surface area contributed by atoms with E-state index in [1.54, 1.807) is 16.8 Å². The van der Waals surface area contributed by atoms with E-state index >= 15 is 0 Å². The molecular weight excluding hydrogens is 420 g/mol. The molecule has 0 amide bonds. The Hall–Kier alpha value is -3.11. The number of tetrazole rings is 1. The van der Waals surface area contributed by atoms with Gasteiger partial charge in [-0.2, -0.15) is 4.68 Å². The molecule has 2 aromatic carbocycles. The zero-order chi connectivity index (χ0) is 22.4. The van der Waals surface area contributed by atoms with Crippen LogP contribution in [0.2, 0.25) is 0 Å². The number of aryl methyl sites for hydroxylation is 2. The number of esters is 1. The number of ether oxygens (including phenoxy) is 3. The Morgan fingerprint density at radius 3 is 2.58 bits per heavy atom. The van der Waals surface area contributed by atoms with Gasteiger partial charge < -0.3 is 19.3 Å². The number of aliphatic hydroxyl groups excluding tert-OH is 1. The van der Waals surface area contributed by atoms with Crippen LogP contribution in [0.1, 0.15) is 21.5 Å². The molecule has 0 aliphatic rings. The maximum Gasteiger partial charge on any atom is 0.337 e. The molecule has 0 aliphatic carbocycles. The maximum atomic E-state index is 11.6. The monoisotopic (exact) mass is 444 g/mol. The van der Waals surface area contributed by atoms with Gasteiger partial charge in [-0.05, 0) is 53.6 Å². The summed E-state index contributed by atoms with van der Waals surface area (Å²) in [4.78, 5) is 11.6. The second kappa shape index (κ2) is 10.3. The molecule has 1 unspecified atom stereocenters. The van der Waals surface area contributed by atoms with E-state index in [1.807, 2.05) is 32.0 Å². The molecule has 1 N–H and O–H groups in total. The van der Waals surface area contributed by atoms with Crippen LogP contribution < -0.4 is 9.47 Å². The van der Waals surface area contributed by atoms with Crippen molar-refractivity contribution in [1.29, 1.82) is 0 Å². The van der Waals surface area contributed by atoms with Gasteiger partial charge in [0.15, 0.2) is 11.5 Å². The van der Waals surface area contributed by atoms with E-state index in [0.29, 0.717) is 28.0 Å². The highest BCUT2D eigenvalue weighted by Gasteiger charge is 2.17. The van der Waals surface area contributed by atoms with Crippen molar-refractivity contribution >= 4 is 17.7 Å². The Labute approximate surface area is 184 Å². The van der Waals surface area contributed by atoms with Crippen molar-refractivity contribution in [2.24, 2.45) is 0 Å². The van der Waals surface area contributed by atoms with Gasteiger partial charge in [0, 0.05) is 5.75 Å². The molecule has 164 valence electrons. The Kier molecular flexibility index (Phi) is 7.48. The lowest BCUT2D eigenvalue weighted by Crippen LogP contribution is -2.20. The average Bonchev–Trinajstić information content (AvgIpc) is 3.23. The third-order valence-corrected chi connectivity index (χ3v) is 5.58. The number of thioether (sulfide) groups is 1. The topological polar surface area (TPSA) is 109 Å². The highest BCUT2D eigenvalue weighted by Crippen LogP contribution is 2.29. The van der Waals surface area contributed by atoms with Crippen LogP contribution in [-0.2, 0) is 4.74 Å². The van der Waals surface area contributed by atoms with E-state index in [0.717, 1.165) is 16.8 Å². The molecule has 9 nitrogen and oxygen atoms in total. The van der Waals surface area contributed by atoms with Gasteiger partial charge in [-0.1, -0.05) is 30.0 Å². The van der Waals surface area contributed by atoms with Crippen molar-refractivity contribution < 1.29 is 24.1 Å². The number of para-hydroxylation sites is 1. The Morgan fingerprint density at radius 1 is 1.16 bits per heavy atom. The van der Waals surface area contributed by atoms with Gasteiger partial charge in [0.1, 0.15) is 6.61 Å². The van der Waals surface area contributed by atoms with E-state index in [2.05, 4.69) is 15.5 Å². The summed E-state index contributed by atoms with van der Waals surface area (Å²) in [6, 6.07) is 10.7. The van der Waals surface area contributed by atoms with E-state index in [4.69, 9.17) is 14.2 Å². The van der Waals surface area contributed by atoms with Crippen molar-refractivity contribution in [1.82, 2.24) is 20.2 Å². The number of aliphatic hydroxyl groups is 1. The second-order valence-corrected chi connectivity index (χ2v) is 7.73. The number of carbonyl (C=O) groups excluding carboxylic acids is 1. The van der Waals surface area contributed by atoms with Crippen molar-refractivity contribution in [3.8, 4) is 17.2 Å². The molecule has 1 heterocycles. The predicted molar refractivity (Wildman–Crippen MR) is 115 cm³/mol. The third kappa shape index (κ3) is 5.33. The number of aromatic nitrogens is 4. The molecule has 1 aromatic heterocycles. The van der Waals surface area contributed by atoms with Crippen LogP contribution in [0.3, 0.4) is 0 Å². The Bertz CT molecular complexity index is 1040. The summed E-state index contributed by atoms with van der Waals surface area (Å²) in [6.45, 7) is 4.03. The SMILES string of the molecule is COC(=O)c1ccc(OCC(O)CSc2nnnn2-c2c(C)cccc2C)c(OC)c1. The summed E-state index contributed by atoms with van der Waals surface area (Å²) in [7, 11) is 2.78. The lowest BCUT2D eigenvalue weighted by atomic mass is 10.1. The van der Waals surface area contributed by atoms with Crippen LogP contribution in [0.5, 0.6) is 11.5 Å². The fraction of sp³-hybridized carbons (Fsp3) is 0.333. The second-order valence-electron chi connectivity index (χ2n) is 6.75. The summed E-state index contributed by atoms with van der Waals surface area (Å²) in [5.41, 5.74) is 3.39. The van der Waals surface area contributed by atoms with Gasteiger partial charge >= 0.3 is 5.97 Å². The first-order valence-electron chi connectivity index (χ1n) is 9.49. The molecular formula is C21H24N4O5S.